The van der Waals surface area contributed by atoms with Gasteiger partial charge in [-0.25, -0.2) is 4.98 Å². The van der Waals surface area contributed by atoms with Crippen LogP contribution in [0.2, 0.25) is 0 Å². The van der Waals surface area contributed by atoms with Gasteiger partial charge in [-0.2, -0.15) is 5.26 Å². The minimum absolute atomic E-state index is 0.0113. The summed E-state index contributed by atoms with van der Waals surface area (Å²) in [5.41, 5.74) is 4.03. The summed E-state index contributed by atoms with van der Waals surface area (Å²) in [6, 6.07) is 28.5. The Kier molecular flexibility index (Phi) is 6.78. The molecule has 160 valence electrons. The number of carbonyl (C=O) groups excluding carboxylic acids is 1. The van der Waals surface area contributed by atoms with Gasteiger partial charge in [0.25, 0.3) is 5.91 Å². The molecule has 6 nitrogen and oxygen atoms in total. The third kappa shape index (κ3) is 5.64. The number of nitriles is 1. The van der Waals surface area contributed by atoms with E-state index in [1.54, 1.807) is 6.08 Å². The Hall–Kier alpha value is -4.41. The highest BCUT2D eigenvalue weighted by Crippen LogP contribution is 2.39. The summed E-state index contributed by atoms with van der Waals surface area (Å²) in [5.74, 6) is -0.530. The second-order valence-corrected chi connectivity index (χ2v) is 8.09. The molecule has 0 unspecified atom stereocenters. The first-order valence-corrected chi connectivity index (χ1v) is 11.0. The molecule has 33 heavy (non-hydrogen) atoms. The van der Waals surface area contributed by atoms with Gasteiger partial charge in [0.2, 0.25) is 0 Å². The van der Waals surface area contributed by atoms with Crippen LogP contribution in [0.5, 0.6) is 0 Å². The number of rotatable bonds is 6. The zero-order valence-corrected chi connectivity index (χ0v) is 18.6. The highest BCUT2D eigenvalue weighted by Gasteiger charge is 2.17. The van der Waals surface area contributed by atoms with Crippen LogP contribution in [-0.4, -0.2) is 10.9 Å². The number of aryl methyl sites for hydroxylation is 1. The van der Waals surface area contributed by atoms with Crippen LogP contribution in [0, 0.1) is 18.3 Å². The number of benzene rings is 3. The van der Waals surface area contributed by atoms with Gasteiger partial charge in [-0.15, -0.1) is 10.2 Å². The van der Waals surface area contributed by atoms with Crippen molar-refractivity contribution in [3.8, 4) is 17.3 Å². The molecule has 0 saturated carbocycles. The molecule has 4 rings (SSSR count). The highest BCUT2D eigenvalue weighted by molar-refractivity contribution is 7.19. The predicted molar refractivity (Wildman–Crippen MR) is 132 cm³/mol. The second-order valence-electron chi connectivity index (χ2n) is 7.11. The molecule has 1 amide bonds. The van der Waals surface area contributed by atoms with Gasteiger partial charge in [0.15, 0.2) is 10.1 Å². The number of nitrogens with one attached hydrogen (secondary N) is 1. The molecule has 3 aromatic carbocycles. The van der Waals surface area contributed by atoms with Crippen molar-refractivity contribution in [2.24, 2.45) is 10.2 Å². The molecule has 0 bridgehead atoms. The summed E-state index contributed by atoms with van der Waals surface area (Å²) in [6.45, 7) is 1.98. The van der Waals surface area contributed by atoms with Crippen LogP contribution >= 0.6 is 11.3 Å². The van der Waals surface area contributed by atoms with Gasteiger partial charge in [0.05, 0.1) is 5.69 Å². The van der Waals surface area contributed by atoms with Crippen LogP contribution in [0.1, 0.15) is 11.1 Å². The maximum atomic E-state index is 12.8. The minimum Gasteiger partial charge on any atom is -0.297 e. The lowest BCUT2D eigenvalue weighted by Gasteiger charge is -2.01. The normalized spacial score (nSPS) is 11.3. The summed E-state index contributed by atoms with van der Waals surface area (Å²) in [5, 5.41) is 21.8. The Labute approximate surface area is 195 Å². The molecule has 7 heteroatoms. The molecule has 0 spiro atoms. The fraction of sp³-hybridized carbons (Fsp3) is 0.0385. The van der Waals surface area contributed by atoms with Crippen molar-refractivity contribution in [2.45, 2.75) is 6.92 Å². The Bertz CT molecular complexity index is 1350. The van der Waals surface area contributed by atoms with Gasteiger partial charge in [0, 0.05) is 5.56 Å². The highest BCUT2D eigenvalue weighted by atomic mass is 32.1. The Morgan fingerprint density at radius 3 is 2.30 bits per heavy atom. The molecule has 1 aromatic heterocycles. The molecular weight excluding hydrogens is 430 g/mol. The first-order valence-electron chi connectivity index (χ1n) is 10.2. The van der Waals surface area contributed by atoms with Crippen molar-refractivity contribution in [3.63, 3.8) is 0 Å². The number of amides is 1. The zero-order valence-electron chi connectivity index (χ0n) is 17.8. The maximum Gasteiger partial charge on any atom is 0.268 e. The number of thiazole rings is 1. The fourth-order valence-electron chi connectivity index (χ4n) is 2.96. The molecule has 0 aliphatic rings. The van der Waals surface area contributed by atoms with E-state index in [0.717, 1.165) is 16.7 Å². The smallest absolute Gasteiger partial charge is 0.268 e. The summed E-state index contributed by atoms with van der Waals surface area (Å²) in [7, 11) is 0. The van der Waals surface area contributed by atoms with Crippen LogP contribution in [0.4, 0.5) is 15.8 Å². The van der Waals surface area contributed by atoms with Crippen LogP contribution in [0.15, 0.2) is 101 Å². The Morgan fingerprint density at radius 1 is 0.970 bits per heavy atom. The predicted octanol–water partition coefficient (Wildman–Crippen LogP) is 7.08. The molecule has 1 heterocycles. The van der Waals surface area contributed by atoms with Gasteiger partial charge >= 0.3 is 0 Å². The quantitative estimate of drug-likeness (QED) is 0.194. The van der Waals surface area contributed by atoms with E-state index >= 15 is 0 Å². The average Bonchev–Trinajstić information content (AvgIpc) is 3.26. The first-order chi connectivity index (χ1) is 16.1. The van der Waals surface area contributed by atoms with Crippen molar-refractivity contribution in [1.29, 1.82) is 5.26 Å². The van der Waals surface area contributed by atoms with Gasteiger partial charge < -0.3 is 0 Å². The van der Waals surface area contributed by atoms with Crippen LogP contribution < -0.4 is 5.32 Å². The zero-order chi connectivity index (χ0) is 23.0. The maximum absolute atomic E-state index is 12.8. The van der Waals surface area contributed by atoms with Gasteiger partial charge in [-0.1, -0.05) is 89.7 Å². The average molecular weight is 450 g/mol. The van der Waals surface area contributed by atoms with E-state index in [-0.39, 0.29) is 5.57 Å². The van der Waals surface area contributed by atoms with Crippen molar-refractivity contribution < 1.29 is 4.79 Å². The first kappa shape index (κ1) is 21.8. The van der Waals surface area contributed by atoms with Crippen molar-refractivity contribution >= 4 is 39.1 Å². The van der Waals surface area contributed by atoms with E-state index in [4.69, 9.17) is 0 Å². The molecule has 0 saturated heterocycles. The molecule has 0 atom stereocenters. The van der Waals surface area contributed by atoms with Crippen molar-refractivity contribution in [1.82, 2.24) is 4.98 Å². The molecule has 0 fully saturated rings. The van der Waals surface area contributed by atoms with Gasteiger partial charge in [0.1, 0.15) is 17.3 Å². The third-order valence-electron chi connectivity index (χ3n) is 4.64. The van der Waals surface area contributed by atoms with Crippen LogP contribution in [0.25, 0.3) is 17.3 Å². The summed E-state index contributed by atoms with van der Waals surface area (Å²) in [6.07, 6.45) is 1.55. The van der Waals surface area contributed by atoms with Crippen LogP contribution in [-0.2, 0) is 4.79 Å². The lowest BCUT2D eigenvalue weighted by molar-refractivity contribution is -0.112. The summed E-state index contributed by atoms with van der Waals surface area (Å²) < 4.78 is 0. The van der Waals surface area contributed by atoms with E-state index in [0.29, 0.717) is 21.5 Å². The van der Waals surface area contributed by atoms with E-state index < -0.39 is 5.91 Å². The number of nitrogens with zero attached hydrogens (tertiary/aromatic N) is 4. The van der Waals surface area contributed by atoms with Crippen LogP contribution in [0.3, 0.4) is 0 Å². The molecule has 4 aromatic rings. The largest absolute Gasteiger partial charge is 0.297 e. The molecule has 0 radical (unpaired) electrons. The number of hydrogen-bond acceptors (Lipinski definition) is 6. The lowest BCUT2D eigenvalue weighted by atomic mass is 10.1. The fourth-order valence-corrected chi connectivity index (χ4v) is 3.76. The molecule has 0 aliphatic heterocycles. The second kappa shape index (κ2) is 10.3. The Balaban J connectivity index is 1.63. The number of aromatic nitrogens is 1. The SMILES string of the molecule is Cc1ccc(/C=C(\C#N)C(=O)Nc2nc(-c3ccccc3)c(N=Nc3ccccc3)s2)cc1. The number of anilines is 1. The lowest BCUT2D eigenvalue weighted by Crippen LogP contribution is -2.13. The standard InChI is InChI=1S/C26H19N5OS/c1-18-12-14-19(15-13-18)16-21(17-27)24(32)29-26-28-23(20-8-4-2-5-9-20)25(33-26)31-30-22-10-6-3-7-11-22/h2-16H,1H3,(H,28,29,32)/b21-16+,31-30?. The molecule has 0 aliphatic carbocycles. The molecule has 1 N–H and O–H groups in total. The number of azo groups is 1. The Morgan fingerprint density at radius 2 is 1.64 bits per heavy atom. The van der Waals surface area contributed by atoms with Gasteiger partial charge in [-0.05, 0) is 30.7 Å². The topological polar surface area (TPSA) is 90.5 Å². The van der Waals surface area contributed by atoms with E-state index in [1.807, 2.05) is 97.9 Å². The third-order valence-corrected chi connectivity index (χ3v) is 5.50. The molecular formula is C26H19N5OS. The van der Waals surface area contributed by atoms with E-state index in [2.05, 4.69) is 20.5 Å². The number of carbonyl (C=O) groups is 1. The van der Waals surface area contributed by atoms with E-state index in [9.17, 15) is 10.1 Å². The monoisotopic (exact) mass is 449 g/mol. The van der Waals surface area contributed by atoms with E-state index in [1.165, 1.54) is 11.3 Å². The van der Waals surface area contributed by atoms with Crippen molar-refractivity contribution in [3.05, 3.63) is 102 Å². The summed E-state index contributed by atoms with van der Waals surface area (Å²) >= 11 is 1.20. The van der Waals surface area contributed by atoms with Crippen molar-refractivity contribution in [2.75, 3.05) is 5.32 Å². The number of hydrogen-bond donors (Lipinski definition) is 1. The minimum atomic E-state index is -0.530. The summed E-state index contributed by atoms with van der Waals surface area (Å²) in [4.78, 5) is 17.3. The van der Waals surface area contributed by atoms with Gasteiger partial charge in [-0.3, -0.25) is 10.1 Å².